The van der Waals surface area contributed by atoms with Gasteiger partial charge in [-0.05, 0) is 35.4 Å². The van der Waals surface area contributed by atoms with Crippen molar-refractivity contribution < 1.29 is 9.59 Å². The molecule has 1 N–H and O–H groups in total. The van der Waals surface area contributed by atoms with Crippen molar-refractivity contribution in [2.24, 2.45) is 0 Å². The summed E-state index contributed by atoms with van der Waals surface area (Å²) in [6.45, 7) is 5.80. The second-order valence-corrected chi connectivity index (χ2v) is 9.89. The fourth-order valence-corrected chi connectivity index (χ4v) is 5.22. The van der Waals surface area contributed by atoms with Gasteiger partial charge in [0.2, 0.25) is 5.91 Å². The van der Waals surface area contributed by atoms with Crippen molar-refractivity contribution >= 4 is 51.8 Å². The van der Waals surface area contributed by atoms with Crippen molar-refractivity contribution in [1.29, 1.82) is 0 Å². The van der Waals surface area contributed by atoms with E-state index in [1.165, 1.54) is 17.3 Å². The first-order valence-electron chi connectivity index (χ1n) is 10.8. The lowest BCUT2D eigenvalue weighted by atomic mass is 10.1. The highest BCUT2D eigenvalue weighted by atomic mass is 32.2. The largest absolute Gasteiger partial charge is 0.340 e. The summed E-state index contributed by atoms with van der Waals surface area (Å²) in [7, 11) is 0. The van der Waals surface area contributed by atoms with Gasteiger partial charge in [0, 0.05) is 51.4 Å². The monoisotopic (exact) mass is 477 g/mol. The Balaban J connectivity index is 1.38. The number of carbonyl (C=O) groups excluding carboxylic acids is 2. The molecule has 1 aromatic carbocycles. The number of pyridine rings is 1. The molecule has 2 amide bonds. The number of hydrogen-bond donors (Lipinski definition) is 1. The lowest BCUT2D eigenvalue weighted by Crippen LogP contribution is -2.47. The molecule has 2 saturated heterocycles. The maximum atomic E-state index is 12.0. The van der Waals surface area contributed by atoms with Crippen LogP contribution in [0.3, 0.4) is 0 Å². The molecule has 7 nitrogen and oxygen atoms in total. The zero-order valence-corrected chi connectivity index (χ0v) is 19.8. The first-order valence-corrected chi connectivity index (χ1v) is 12.0. The fraction of sp³-hybridized carbons (Fsp3) is 0.250. The number of benzene rings is 1. The Labute approximate surface area is 201 Å². The van der Waals surface area contributed by atoms with Gasteiger partial charge in [0.15, 0.2) is 0 Å². The van der Waals surface area contributed by atoms with Gasteiger partial charge < -0.3 is 10.2 Å². The normalized spacial score (nSPS) is 18.3. The molecule has 9 heteroatoms. The zero-order chi connectivity index (χ0) is 22.9. The van der Waals surface area contributed by atoms with E-state index in [1.807, 2.05) is 39.9 Å². The molecule has 33 heavy (non-hydrogen) atoms. The molecule has 0 saturated carbocycles. The summed E-state index contributed by atoms with van der Waals surface area (Å²) in [5, 5.41) is 2.65. The quantitative estimate of drug-likeness (QED) is 0.460. The van der Waals surface area contributed by atoms with Crippen LogP contribution in [0.15, 0.2) is 53.7 Å². The number of thioether (sulfide) groups is 1. The van der Waals surface area contributed by atoms with E-state index in [0.29, 0.717) is 9.23 Å². The summed E-state index contributed by atoms with van der Waals surface area (Å²) in [6, 6.07) is 12.4. The lowest BCUT2D eigenvalue weighted by molar-refractivity contribution is -0.130. The second-order valence-electron chi connectivity index (χ2n) is 8.17. The molecule has 0 spiro atoms. The number of nitrogens with zero attached hydrogens (tertiary/aromatic N) is 4. The summed E-state index contributed by atoms with van der Waals surface area (Å²) >= 11 is 6.36. The third-order valence-corrected chi connectivity index (χ3v) is 7.08. The van der Waals surface area contributed by atoms with Crippen LogP contribution in [0, 0.1) is 0 Å². The molecule has 4 heterocycles. The Bertz CT molecular complexity index is 1290. The Morgan fingerprint density at radius 1 is 1.21 bits per heavy atom. The summed E-state index contributed by atoms with van der Waals surface area (Å²) < 4.78 is 2.53. The number of hydrogen-bond acceptors (Lipinski definition) is 6. The Morgan fingerprint density at radius 3 is 2.76 bits per heavy atom. The van der Waals surface area contributed by atoms with Crippen LogP contribution in [0.5, 0.6) is 0 Å². The van der Waals surface area contributed by atoms with Crippen LogP contribution in [0.25, 0.3) is 23.0 Å². The molecule has 168 valence electrons. The van der Waals surface area contributed by atoms with Gasteiger partial charge in [-0.2, -0.15) is 0 Å². The van der Waals surface area contributed by atoms with Crippen LogP contribution in [-0.4, -0.2) is 61.5 Å². The van der Waals surface area contributed by atoms with Gasteiger partial charge in [-0.3, -0.25) is 18.9 Å². The minimum Gasteiger partial charge on any atom is -0.340 e. The highest BCUT2D eigenvalue weighted by molar-refractivity contribution is 8.26. The Hall–Kier alpha value is -3.01. The molecular formula is C24H23N5O2S2. The Kier molecular flexibility index (Phi) is 6.01. The highest BCUT2D eigenvalue weighted by Gasteiger charge is 2.22. The van der Waals surface area contributed by atoms with Crippen LogP contribution in [-0.2, 0) is 16.1 Å². The average Bonchev–Trinajstić information content (AvgIpc) is 3.36. The molecule has 0 aliphatic carbocycles. The van der Waals surface area contributed by atoms with Gasteiger partial charge >= 0.3 is 0 Å². The van der Waals surface area contributed by atoms with Crippen LogP contribution < -0.4 is 5.32 Å². The van der Waals surface area contributed by atoms with Crippen molar-refractivity contribution in [3.8, 4) is 11.3 Å². The number of aromatic nitrogens is 2. The van der Waals surface area contributed by atoms with Gasteiger partial charge in [-0.25, -0.2) is 4.98 Å². The molecule has 2 aromatic heterocycles. The summed E-state index contributed by atoms with van der Waals surface area (Å²) in [5.41, 5.74) is 5.05. The molecule has 0 bridgehead atoms. The van der Waals surface area contributed by atoms with Gasteiger partial charge in [-0.15, -0.1) is 0 Å². The first kappa shape index (κ1) is 21.8. The predicted molar refractivity (Wildman–Crippen MR) is 134 cm³/mol. The van der Waals surface area contributed by atoms with Crippen LogP contribution in [0.1, 0.15) is 18.1 Å². The number of carbonyl (C=O) groups is 2. The molecular weight excluding hydrogens is 454 g/mol. The van der Waals surface area contributed by atoms with Crippen LogP contribution in [0.2, 0.25) is 0 Å². The molecule has 5 rings (SSSR count). The second kappa shape index (κ2) is 9.09. The van der Waals surface area contributed by atoms with Crippen molar-refractivity contribution in [3.05, 3.63) is 64.8 Å². The molecule has 2 aliphatic rings. The van der Waals surface area contributed by atoms with Crippen molar-refractivity contribution in [2.45, 2.75) is 13.5 Å². The standard InChI is InChI=1S/C24H23N5O2S2/c1-16(30)28-9-7-27(8-10-28)14-17-3-2-4-19(11-17)20-13-25-22-6-5-18(15-29(20)22)12-21-23(31)26-24(32)33-21/h2-6,11-13,15H,7-10,14H2,1H3,(H,26,31,32). The molecule has 0 atom stereocenters. The van der Waals surface area contributed by atoms with Gasteiger partial charge in [0.1, 0.15) is 9.97 Å². The van der Waals surface area contributed by atoms with E-state index < -0.39 is 0 Å². The molecule has 2 fully saturated rings. The summed E-state index contributed by atoms with van der Waals surface area (Å²) in [5.74, 6) is -0.0121. The number of rotatable bonds is 4. The SMILES string of the molecule is CC(=O)N1CCN(Cc2cccc(-c3cnc4ccc(C=C5SC(=S)NC5=O)cn34)c2)CC1. The van der Waals surface area contributed by atoms with Gasteiger partial charge in [-0.1, -0.05) is 42.2 Å². The number of amides is 2. The van der Waals surface area contributed by atoms with Crippen LogP contribution >= 0.6 is 24.0 Å². The minimum atomic E-state index is -0.159. The van der Waals surface area contributed by atoms with Gasteiger partial charge in [0.05, 0.1) is 16.8 Å². The lowest BCUT2D eigenvalue weighted by Gasteiger charge is -2.34. The molecule has 3 aromatic rings. The maximum absolute atomic E-state index is 12.0. The predicted octanol–water partition coefficient (Wildman–Crippen LogP) is 3.15. The molecule has 2 aliphatic heterocycles. The fourth-order valence-electron chi connectivity index (χ4n) is 4.18. The number of fused-ring (bicyclic) bond motifs is 1. The van der Waals surface area contributed by atoms with Crippen molar-refractivity contribution in [3.63, 3.8) is 0 Å². The van der Waals surface area contributed by atoms with E-state index >= 15 is 0 Å². The van der Waals surface area contributed by atoms with Crippen LogP contribution in [0.4, 0.5) is 0 Å². The summed E-state index contributed by atoms with van der Waals surface area (Å²) in [6.07, 6.45) is 5.72. The van der Waals surface area contributed by atoms with E-state index in [-0.39, 0.29) is 11.8 Å². The van der Waals surface area contributed by atoms with E-state index in [4.69, 9.17) is 12.2 Å². The Morgan fingerprint density at radius 2 is 2.03 bits per heavy atom. The third-order valence-electron chi connectivity index (χ3n) is 5.91. The van der Waals surface area contributed by atoms with E-state index in [0.717, 1.165) is 55.2 Å². The minimum absolute atomic E-state index is 0.147. The summed E-state index contributed by atoms with van der Waals surface area (Å²) in [4.78, 5) is 33.0. The maximum Gasteiger partial charge on any atom is 0.263 e. The van der Waals surface area contributed by atoms with Gasteiger partial charge in [0.25, 0.3) is 5.91 Å². The number of piperazine rings is 1. The van der Waals surface area contributed by atoms with Crippen molar-refractivity contribution in [2.75, 3.05) is 26.2 Å². The zero-order valence-electron chi connectivity index (χ0n) is 18.2. The first-order chi connectivity index (χ1) is 16.0. The van der Waals surface area contributed by atoms with E-state index in [1.54, 1.807) is 6.92 Å². The van der Waals surface area contributed by atoms with Crippen molar-refractivity contribution in [1.82, 2.24) is 24.5 Å². The average molecular weight is 478 g/mol. The molecule has 0 radical (unpaired) electrons. The van der Waals surface area contributed by atoms with E-state index in [9.17, 15) is 9.59 Å². The number of thiocarbonyl (C=S) groups is 1. The van der Waals surface area contributed by atoms with E-state index in [2.05, 4.69) is 39.5 Å². The number of imidazole rings is 1. The number of nitrogens with one attached hydrogen (secondary N) is 1. The smallest absolute Gasteiger partial charge is 0.263 e. The topological polar surface area (TPSA) is 70.0 Å². The molecule has 0 unspecified atom stereocenters. The highest BCUT2D eigenvalue weighted by Crippen LogP contribution is 2.27. The third kappa shape index (κ3) is 4.71.